The van der Waals surface area contributed by atoms with Gasteiger partial charge in [0.05, 0.1) is 94.1 Å². The van der Waals surface area contributed by atoms with Gasteiger partial charge in [-0.1, -0.05) is 94.4 Å². The molecule has 6 aliphatic rings. The van der Waals surface area contributed by atoms with E-state index in [2.05, 4.69) is 52.8 Å². The average molecular weight is 1850 g/mol. The molecule has 0 unspecified atom stereocenters. The summed E-state index contributed by atoms with van der Waals surface area (Å²) in [5.74, 6) is -7.65. The standard InChI is InChI=1S/C96H135N17O20/c1-58-17-13-12-14-18-59(2)77(125-9)47-71-25-20-64(7)96(124,133-71)89(121)92(122)112-31-16-15-19-73(112)93(123)131-78(61(4)43-65-22-26-74(114)79(45-65)126-10)48-75(115)60(3)42-63(6)87(120)88(127-11)85(62(5)41-58)107-130-56-81(117)100-49-67-50-101-95(102-51-67)110-35-33-109(34-36-110)83(119)55-108(8)54-80(116)99-30-38-129-40-39-128-37-29-82(118)111-32-28-68-44-66(21-23-70(68)53-111)52-113-91-84(90(97)103-57-104-91)86(106-113)69-24-27-76-72(46-69)105-94(98)132-76/h12-14,17-18,21,23-24,27,42,44,46,50-51,57-58,60-62,64-65,71,73-75,77-79,87-88,114-115,120,124H,15-16,19-20,22,25-26,28-41,43,45,47-49,52-56H2,1-11H3,(H2,98,105)(H,99,116)(H,100,117)(H2,97,103,104)/b14-12+,17-13+,59-18+,63-42+,107-85+/t58-,60-,61-,62-,64-,65+,71+,73+,74-,75-,77+,78+,79-,87-,88+,96-/m1/s1. The number of likely N-dealkylation sites (N-methyl/N-ethyl adjacent to an activating group) is 1. The van der Waals surface area contributed by atoms with Crippen LogP contribution in [0.4, 0.5) is 17.8 Å². The van der Waals surface area contributed by atoms with Crippen molar-refractivity contribution in [2.45, 2.75) is 219 Å². The summed E-state index contributed by atoms with van der Waals surface area (Å²) in [6.45, 7) is 17.2. The normalized spacial score (nSPS) is 27.8. The first-order valence-electron chi connectivity index (χ1n) is 46.6. The maximum absolute atomic E-state index is 14.8. The van der Waals surface area contributed by atoms with E-state index in [0.29, 0.717) is 166 Å². The molecule has 37 nitrogen and oxygen atoms in total. The van der Waals surface area contributed by atoms with Gasteiger partial charge < -0.3 is 105 Å². The third kappa shape index (κ3) is 27.0. The second kappa shape index (κ2) is 48.1. The molecular formula is C96H135N17O20. The number of oxazole rings is 1. The highest BCUT2D eigenvalue weighted by atomic mass is 16.6. The Morgan fingerprint density at radius 3 is 2.29 bits per heavy atom. The number of aliphatic hydroxyl groups is 4. The van der Waals surface area contributed by atoms with Crippen molar-refractivity contribution in [2.75, 3.05) is 137 Å². The van der Waals surface area contributed by atoms with E-state index in [1.165, 1.54) is 18.3 Å². The number of rotatable bonds is 28. The molecule has 0 radical (unpaired) electrons. The Morgan fingerprint density at radius 1 is 0.752 bits per heavy atom. The number of aliphatic hydroxyl groups excluding tert-OH is 3. The molecule has 5 amide bonds. The smallest absolute Gasteiger partial charge is 0.329 e. The first kappa shape index (κ1) is 101. The lowest BCUT2D eigenvalue weighted by molar-refractivity contribution is -0.265. The number of allylic oxidation sites excluding steroid dienone is 5. The second-order valence-corrected chi connectivity index (χ2v) is 36.6. The van der Waals surface area contributed by atoms with Crippen LogP contribution in [-0.4, -0.2) is 303 Å². The quantitative estimate of drug-likeness (QED) is 0.00827. The van der Waals surface area contributed by atoms with Gasteiger partial charge in [0.1, 0.15) is 47.7 Å². The maximum atomic E-state index is 14.8. The molecule has 3 saturated heterocycles. The highest BCUT2D eigenvalue weighted by Gasteiger charge is 2.53. The van der Waals surface area contributed by atoms with Gasteiger partial charge >= 0.3 is 5.97 Å². The van der Waals surface area contributed by atoms with E-state index in [4.69, 9.17) is 59.0 Å². The highest BCUT2D eigenvalue weighted by Crippen LogP contribution is 2.40. The fourth-order valence-corrected chi connectivity index (χ4v) is 18.7. The van der Waals surface area contributed by atoms with E-state index >= 15 is 0 Å². The third-order valence-corrected chi connectivity index (χ3v) is 26.6. The fourth-order valence-electron chi connectivity index (χ4n) is 18.7. The van der Waals surface area contributed by atoms with Gasteiger partial charge in [0.15, 0.2) is 17.8 Å². The second-order valence-electron chi connectivity index (χ2n) is 36.6. The Balaban J connectivity index is 0.573. The summed E-state index contributed by atoms with van der Waals surface area (Å²) in [5.41, 5.74) is 20.8. The van der Waals surface area contributed by atoms with Crippen molar-refractivity contribution in [3.8, 4) is 11.3 Å². The lowest BCUT2D eigenvalue weighted by Gasteiger charge is -2.43. The van der Waals surface area contributed by atoms with Gasteiger partial charge in [0, 0.05) is 134 Å². The number of nitrogens with zero attached hydrogens (tertiary/aromatic N) is 13. The zero-order chi connectivity index (χ0) is 95.2. The van der Waals surface area contributed by atoms with E-state index in [1.807, 2.05) is 90.8 Å². The molecule has 2 aromatic carbocycles. The minimum atomic E-state index is -2.47. The molecule has 1 aliphatic carbocycles. The fraction of sp³-hybridized carbons (Fsp3) is 0.604. The molecule has 16 atom stereocenters. The number of aromatic nitrogens is 7. The zero-order valence-electron chi connectivity index (χ0n) is 78.5. The number of carbonyl (C=O) groups excluding carboxylic acids is 7. The highest BCUT2D eigenvalue weighted by molar-refractivity contribution is 6.39. The number of Topliss-reactive ketones (excluding diaryl/α,β-unsaturated/α-hetero) is 1. The molecule has 133 heavy (non-hydrogen) atoms. The summed E-state index contributed by atoms with van der Waals surface area (Å²) in [4.78, 5) is 133. The number of piperazine rings is 1. The van der Waals surface area contributed by atoms with Crippen LogP contribution in [0.3, 0.4) is 0 Å². The SMILES string of the molecule is CO[C@H]1C[C@@H]2CC[C@@H](C)[C@@](O)(O2)C(=O)C(=O)N2CCCC[C@H]2C(=O)O[C@H]([C@H](C)C[C@@H]2CC[C@@H](O)[C@H](OC)C2)C[C@@H](O)[C@H](C)/C=C(\C)[C@@H](O)[C@@H](OC)/C(=N/OCC(=O)NCc2cnc(N3CCN(C(=O)CN(C)CC(=O)NCCOCCOCCC(=O)N4CCc5cc(Cn6nc(-c7ccc8oc(N)nc8c7)c7c(N)ncnc76)ccc5C4)CC3)nc2)[C@H](C)C[C@H](C)/C=C/C=C/C=C/1C. The van der Waals surface area contributed by atoms with Crippen molar-refractivity contribution in [2.24, 2.45) is 40.7 Å². The van der Waals surface area contributed by atoms with Crippen LogP contribution >= 0.6 is 0 Å². The predicted molar refractivity (Wildman–Crippen MR) is 496 cm³/mol. The van der Waals surface area contributed by atoms with Crippen LogP contribution in [0, 0.1) is 35.5 Å². The summed E-state index contributed by atoms with van der Waals surface area (Å²) in [6, 6.07) is 10.7. The summed E-state index contributed by atoms with van der Waals surface area (Å²) in [6.07, 6.45) is 15.5. The van der Waals surface area contributed by atoms with Gasteiger partial charge in [-0.25, -0.2) is 29.4 Å². The van der Waals surface area contributed by atoms with E-state index in [9.17, 15) is 54.0 Å². The lowest BCUT2D eigenvalue weighted by atomic mass is 9.78. The molecule has 724 valence electrons. The number of carbonyl (C=O) groups is 7. The van der Waals surface area contributed by atoms with Gasteiger partial charge in [0.25, 0.3) is 23.6 Å². The number of oxime groups is 1. The first-order chi connectivity index (χ1) is 63.9. The minimum absolute atomic E-state index is 0.000635. The number of anilines is 3. The molecule has 37 heteroatoms. The lowest BCUT2D eigenvalue weighted by Crippen LogP contribution is -2.61. The van der Waals surface area contributed by atoms with E-state index in [-0.39, 0.29) is 132 Å². The monoisotopic (exact) mass is 1850 g/mol. The van der Waals surface area contributed by atoms with Crippen molar-refractivity contribution in [3.63, 3.8) is 0 Å². The van der Waals surface area contributed by atoms with E-state index < -0.39 is 102 Å². The molecule has 2 bridgehead atoms. The number of ketones is 1. The van der Waals surface area contributed by atoms with E-state index in [0.717, 1.165) is 27.8 Å². The number of methoxy groups -OCH3 is 3. The number of benzene rings is 2. The number of hydrogen-bond donors (Lipinski definition) is 8. The van der Waals surface area contributed by atoms with Crippen LogP contribution in [-0.2, 0) is 97.6 Å². The summed E-state index contributed by atoms with van der Waals surface area (Å²) < 4.78 is 49.1. The van der Waals surface area contributed by atoms with Gasteiger partial charge in [0.2, 0.25) is 29.5 Å². The van der Waals surface area contributed by atoms with E-state index in [1.54, 1.807) is 76.4 Å². The molecule has 10 N–H and O–H groups in total. The average Bonchev–Trinajstić information content (AvgIpc) is 1.16. The van der Waals surface area contributed by atoms with Crippen LogP contribution in [0.25, 0.3) is 33.4 Å². The third-order valence-electron chi connectivity index (χ3n) is 26.6. The number of ether oxygens (including phenoxy) is 7. The molecule has 5 aliphatic heterocycles. The van der Waals surface area contributed by atoms with Crippen molar-refractivity contribution in [1.29, 1.82) is 0 Å². The van der Waals surface area contributed by atoms with Crippen LogP contribution in [0.15, 0.2) is 112 Å². The minimum Gasteiger partial charge on any atom is -0.460 e. The Kier molecular flexibility index (Phi) is 36.6. The molecule has 4 fully saturated rings. The topological polar surface area (TPSA) is 474 Å². The Bertz CT molecular complexity index is 5110. The van der Waals surface area contributed by atoms with Crippen molar-refractivity contribution in [1.82, 2.24) is 64.9 Å². The Labute approximate surface area is 776 Å². The molecule has 6 aromatic rings. The van der Waals surface area contributed by atoms with Crippen LogP contribution < -0.4 is 27.0 Å². The summed E-state index contributed by atoms with van der Waals surface area (Å²) in [7, 11) is 6.29. The number of fused-ring (bicyclic) bond motifs is 6. The number of hydrogen-bond acceptors (Lipinski definition) is 31. The Morgan fingerprint density at radius 2 is 1.53 bits per heavy atom. The zero-order valence-corrected chi connectivity index (χ0v) is 78.5. The molecular weight excluding hydrogens is 1710 g/mol. The van der Waals surface area contributed by atoms with Crippen molar-refractivity contribution >= 4 is 86.9 Å². The largest absolute Gasteiger partial charge is 0.460 e. The van der Waals surface area contributed by atoms with Crippen LogP contribution in [0.2, 0.25) is 0 Å². The number of nitrogen functional groups attached to an aromatic ring is 2. The number of nitrogens with two attached hydrogens (primary N) is 2. The molecule has 1 saturated carbocycles. The molecule has 0 spiro atoms. The summed E-state index contributed by atoms with van der Waals surface area (Å²) in [5, 5.41) is 63.2. The van der Waals surface area contributed by atoms with Crippen LogP contribution in [0.5, 0.6) is 0 Å². The van der Waals surface area contributed by atoms with Gasteiger partial charge in [-0.3, -0.25) is 33.7 Å². The summed E-state index contributed by atoms with van der Waals surface area (Å²) >= 11 is 0. The number of nitrogens with one attached hydrogen (secondary N) is 2. The number of cyclic esters (lactones) is 1. The number of amides is 5. The number of piperidine rings is 1. The van der Waals surface area contributed by atoms with Crippen molar-refractivity contribution < 1.29 is 96.4 Å². The molecule has 9 heterocycles. The van der Waals surface area contributed by atoms with Gasteiger partial charge in [-0.05, 0) is 155 Å². The molecule has 4 aromatic heterocycles. The molecule has 12 rings (SSSR count). The Hall–Kier alpha value is -10.6. The first-order valence-corrected chi connectivity index (χ1v) is 46.6. The maximum Gasteiger partial charge on any atom is 0.329 e. The van der Waals surface area contributed by atoms with Gasteiger partial charge in [-0.15, -0.1) is 0 Å². The van der Waals surface area contributed by atoms with Gasteiger partial charge in [-0.2, -0.15) is 10.1 Å². The predicted octanol–water partition coefficient (Wildman–Crippen LogP) is 6.75. The van der Waals surface area contributed by atoms with Crippen LogP contribution in [0.1, 0.15) is 154 Å². The number of esters is 1. The van der Waals surface area contributed by atoms with Crippen molar-refractivity contribution in [3.05, 3.63) is 125 Å².